The van der Waals surface area contributed by atoms with Gasteiger partial charge in [-0.25, -0.2) is 15.2 Å². The average molecular weight is 300 g/mol. The molecule has 0 fully saturated rings. The van der Waals surface area contributed by atoms with E-state index in [1.807, 2.05) is 12.1 Å². The summed E-state index contributed by atoms with van der Waals surface area (Å²) in [5.41, 5.74) is 3.95. The van der Waals surface area contributed by atoms with Crippen LogP contribution in [0.3, 0.4) is 0 Å². The number of hydrogen-bond donors (Lipinski definition) is 2. The van der Waals surface area contributed by atoms with E-state index < -0.39 is 6.03 Å². The summed E-state index contributed by atoms with van der Waals surface area (Å²) in [4.78, 5) is 20.0. The van der Waals surface area contributed by atoms with E-state index in [4.69, 9.17) is 0 Å². The fraction of sp³-hybridized carbons (Fsp3) is 0.154. The number of hydrogen-bond acceptors (Lipinski definition) is 6. The van der Waals surface area contributed by atoms with Crippen LogP contribution in [0.1, 0.15) is 17.5 Å². The minimum Gasteiger partial charge on any atom is -0.340 e. The fourth-order valence-corrected chi connectivity index (χ4v) is 2.45. The van der Waals surface area contributed by atoms with E-state index in [1.54, 1.807) is 25.4 Å². The van der Waals surface area contributed by atoms with Crippen molar-refractivity contribution in [2.75, 3.05) is 7.05 Å². The van der Waals surface area contributed by atoms with E-state index in [0.29, 0.717) is 15.6 Å². The Hall–Kier alpha value is -2.79. The lowest BCUT2D eigenvalue weighted by atomic mass is 10.3. The van der Waals surface area contributed by atoms with Crippen molar-refractivity contribution in [2.24, 2.45) is 5.10 Å². The third kappa shape index (κ3) is 3.40. The maximum absolute atomic E-state index is 11.1. The fourth-order valence-electron chi connectivity index (χ4n) is 1.50. The van der Waals surface area contributed by atoms with E-state index in [-0.39, 0.29) is 5.69 Å². The quantitative estimate of drug-likeness (QED) is 0.665. The number of thiazole rings is 1. The Morgan fingerprint density at radius 2 is 2.33 bits per heavy atom. The second kappa shape index (κ2) is 6.58. The standard InChI is InChI=1S/C13H12N6OS/c1-8(18-19-13(20)15-2)11-10(6-14)17-12(21-11)9-4-3-5-16-7-9/h3-5,7H,1-2H3,(H2,15,19,20)/b18-8+. The summed E-state index contributed by atoms with van der Waals surface area (Å²) in [5.74, 6) is 0. The number of hydrazone groups is 1. The van der Waals surface area contributed by atoms with Gasteiger partial charge in [0.2, 0.25) is 0 Å². The Bertz CT molecular complexity index is 716. The van der Waals surface area contributed by atoms with Crippen LogP contribution in [0, 0.1) is 11.3 Å². The lowest BCUT2D eigenvalue weighted by molar-refractivity contribution is 0.243. The van der Waals surface area contributed by atoms with E-state index in [0.717, 1.165) is 5.56 Å². The SMILES string of the molecule is CNC(=O)N/N=C(\C)c1sc(-c2cccnc2)nc1C#N. The molecule has 2 rings (SSSR count). The molecule has 2 N–H and O–H groups in total. The highest BCUT2D eigenvalue weighted by molar-refractivity contribution is 7.17. The van der Waals surface area contributed by atoms with Crippen molar-refractivity contribution in [2.45, 2.75) is 6.92 Å². The Labute approximate surface area is 125 Å². The van der Waals surface area contributed by atoms with Gasteiger partial charge in [-0.05, 0) is 19.1 Å². The topological polar surface area (TPSA) is 103 Å². The lowest BCUT2D eigenvalue weighted by Gasteiger charge is -1.99. The molecule has 106 valence electrons. The highest BCUT2D eigenvalue weighted by atomic mass is 32.1. The molecule has 0 saturated carbocycles. The van der Waals surface area contributed by atoms with Gasteiger partial charge in [-0.3, -0.25) is 4.98 Å². The van der Waals surface area contributed by atoms with Crippen molar-refractivity contribution in [3.63, 3.8) is 0 Å². The molecular formula is C13H12N6OS. The van der Waals surface area contributed by atoms with E-state index in [9.17, 15) is 10.1 Å². The largest absolute Gasteiger partial charge is 0.340 e. The number of carbonyl (C=O) groups excluding carboxylic acids is 1. The first-order valence-electron chi connectivity index (χ1n) is 5.99. The van der Waals surface area contributed by atoms with Crippen molar-refractivity contribution in [1.29, 1.82) is 5.26 Å². The van der Waals surface area contributed by atoms with Crippen LogP contribution in [0.25, 0.3) is 10.6 Å². The van der Waals surface area contributed by atoms with Crippen molar-refractivity contribution in [3.05, 3.63) is 35.1 Å². The molecule has 0 spiro atoms. The maximum Gasteiger partial charge on any atom is 0.334 e. The van der Waals surface area contributed by atoms with Gasteiger partial charge in [0.25, 0.3) is 0 Å². The third-order valence-electron chi connectivity index (χ3n) is 2.52. The molecular weight excluding hydrogens is 288 g/mol. The van der Waals surface area contributed by atoms with Crippen LogP contribution in [0.5, 0.6) is 0 Å². The minimum atomic E-state index is -0.426. The van der Waals surface area contributed by atoms with E-state index in [2.05, 4.69) is 25.8 Å². The van der Waals surface area contributed by atoms with Crippen LogP contribution in [0.4, 0.5) is 4.79 Å². The monoisotopic (exact) mass is 300 g/mol. The van der Waals surface area contributed by atoms with Crippen LogP contribution in [0.15, 0.2) is 29.6 Å². The van der Waals surface area contributed by atoms with Crippen molar-refractivity contribution in [3.8, 4) is 16.6 Å². The van der Waals surface area contributed by atoms with Gasteiger partial charge >= 0.3 is 6.03 Å². The smallest absolute Gasteiger partial charge is 0.334 e. The van der Waals surface area contributed by atoms with Gasteiger partial charge in [0, 0.05) is 25.0 Å². The first-order chi connectivity index (χ1) is 10.2. The van der Waals surface area contributed by atoms with Crippen molar-refractivity contribution < 1.29 is 4.79 Å². The maximum atomic E-state index is 11.1. The minimum absolute atomic E-state index is 0.277. The van der Waals surface area contributed by atoms with E-state index in [1.165, 1.54) is 18.4 Å². The second-order valence-corrected chi connectivity index (χ2v) is 4.94. The molecule has 0 radical (unpaired) electrons. The Morgan fingerprint density at radius 1 is 1.52 bits per heavy atom. The highest BCUT2D eigenvalue weighted by Crippen LogP contribution is 2.27. The van der Waals surface area contributed by atoms with Crippen LogP contribution in [-0.2, 0) is 0 Å². The molecule has 0 bridgehead atoms. The molecule has 0 aliphatic carbocycles. The number of aromatic nitrogens is 2. The molecule has 2 amide bonds. The summed E-state index contributed by atoms with van der Waals surface area (Å²) < 4.78 is 0. The summed E-state index contributed by atoms with van der Waals surface area (Å²) in [5, 5.41) is 16.2. The molecule has 0 unspecified atom stereocenters. The molecule has 8 heteroatoms. The van der Waals surface area contributed by atoms with Gasteiger partial charge in [-0.2, -0.15) is 10.4 Å². The molecule has 0 saturated heterocycles. The summed E-state index contributed by atoms with van der Waals surface area (Å²) in [6.07, 6.45) is 3.35. The first-order valence-corrected chi connectivity index (χ1v) is 6.81. The number of nitriles is 1. The third-order valence-corrected chi connectivity index (χ3v) is 3.74. The Morgan fingerprint density at radius 3 is 2.95 bits per heavy atom. The first kappa shape index (κ1) is 14.6. The van der Waals surface area contributed by atoms with Gasteiger partial charge in [0.05, 0.1) is 10.6 Å². The normalized spacial score (nSPS) is 10.8. The number of carbonyl (C=O) groups is 1. The molecule has 21 heavy (non-hydrogen) atoms. The zero-order chi connectivity index (χ0) is 15.2. The number of nitrogens with one attached hydrogen (secondary N) is 2. The molecule has 2 heterocycles. The molecule has 2 aromatic heterocycles. The van der Waals surface area contributed by atoms with Crippen LogP contribution in [0.2, 0.25) is 0 Å². The summed E-state index contributed by atoms with van der Waals surface area (Å²) >= 11 is 1.33. The van der Waals surface area contributed by atoms with Gasteiger partial charge < -0.3 is 5.32 Å². The van der Waals surface area contributed by atoms with Gasteiger partial charge in [-0.15, -0.1) is 11.3 Å². The van der Waals surface area contributed by atoms with Crippen molar-refractivity contribution in [1.82, 2.24) is 20.7 Å². The zero-order valence-electron chi connectivity index (χ0n) is 11.4. The van der Waals surface area contributed by atoms with E-state index >= 15 is 0 Å². The van der Waals surface area contributed by atoms with Gasteiger partial charge in [0.15, 0.2) is 5.69 Å². The Kier molecular flexibility index (Phi) is 4.58. The zero-order valence-corrected chi connectivity index (χ0v) is 12.2. The average Bonchev–Trinajstić information content (AvgIpc) is 2.97. The van der Waals surface area contributed by atoms with Crippen LogP contribution < -0.4 is 10.7 Å². The van der Waals surface area contributed by atoms with Gasteiger partial charge in [0.1, 0.15) is 11.1 Å². The number of amides is 2. The molecule has 0 aliphatic heterocycles. The number of nitrogens with zero attached hydrogens (tertiary/aromatic N) is 4. The molecule has 2 aromatic rings. The van der Waals surface area contributed by atoms with Crippen LogP contribution in [-0.4, -0.2) is 28.8 Å². The second-order valence-electron chi connectivity index (χ2n) is 3.94. The number of rotatable bonds is 3. The number of urea groups is 1. The predicted octanol–water partition coefficient (Wildman–Crippen LogP) is 1.73. The molecule has 0 aromatic carbocycles. The Balaban J connectivity index is 2.34. The highest BCUT2D eigenvalue weighted by Gasteiger charge is 2.15. The van der Waals surface area contributed by atoms with Gasteiger partial charge in [-0.1, -0.05) is 0 Å². The predicted molar refractivity (Wildman–Crippen MR) is 79.9 cm³/mol. The molecule has 0 atom stereocenters. The summed E-state index contributed by atoms with van der Waals surface area (Å²) in [7, 11) is 1.49. The van der Waals surface area contributed by atoms with Crippen molar-refractivity contribution >= 4 is 23.1 Å². The number of pyridine rings is 1. The lowest BCUT2D eigenvalue weighted by Crippen LogP contribution is -2.29. The molecule has 7 nitrogen and oxygen atoms in total. The molecule has 0 aliphatic rings. The van der Waals surface area contributed by atoms with Crippen LogP contribution >= 0.6 is 11.3 Å². The summed E-state index contributed by atoms with van der Waals surface area (Å²) in [6, 6.07) is 5.28. The summed E-state index contributed by atoms with van der Waals surface area (Å²) in [6.45, 7) is 1.71.